The number of hydrogen-bond donors (Lipinski definition) is 1. The second-order valence-corrected chi connectivity index (χ2v) is 5.25. The highest BCUT2D eigenvalue weighted by molar-refractivity contribution is 5.84. The number of benzene rings is 2. The first-order valence-corrected chi connectivity index (χ1v) is 7.17. The van der Waals surface area contributed by atoms with E-state index in [9.17, 15) is 5.11 Å². The Bertz CT molecular complexity index is 774. The van der Waals surface area contributed by atoms with E-state index in [0.717, 1.165) is 6.54 Å². The highest BCUT2D eigenvalue weighted by Crippen LogP contribution is 2.25. The topological polar surface area (TPSA) is 34.4 Å². The molecule has 1 N–H and O–H groups in total. The van der Waals surface area contributed by atoms with Gasteiger partial charge in [0.2, 0.25) is 0 Å². The SMILES string of the molecule is CCn1cc(COc2cccc(O)c2)c2cc(C)ccc21. The van der Waals surface area contributed by atoms with E-state index in [1.165, 1.54) is 22.0 Å². The number of aryl methyl sites for hydroxylation is 2. The van der Waals surface area contributed by atoms with Crippen molar-refractivity contribution in [3.05, 3.63) is 59.8 Å². The smallest absolute Gasteiger partial charge is 0.123 e. The third kappa shape index (κ3) is 2.72. The van der Waals surface area contributed by atoms with E-state index in [-0.39, 0.29) is 5.75 Å². The lowest BCUT2D eigenvalue weighted by atomic mass is 10.1. The molecule has 3 nitrogen and oxygen atoms in total. The summed E-state index contributed by atoms with van der Waals surface area (Å²) in [5.41, 5.74) is 3.64. The first kappa shape index (κ1) is 13.6. The second kappa shape index (κ2) is 5.52. The number of ether oxygens (including phenoxy) is 1. The van der Waals surface area contributed by atoms with Crippen molar-refractivity contribution in [1.29, 1.82) is 0 Å². The van der Waals surface area contributed by atoms with Crippen molar-refractivity contribution >= 4 is 10.9 Å². The van der Waals surface area contributed by atoms with Crippen LogP contribution in [-0.2, 0) is 13.2 Å². The quantitative estimate of drug-likeness (QED) is 0.775. The van der Waals surface area contributed by atoms with Gasteiger partial charge in [-0.3, -0.25) is 0 Å². The summed E-state index contributed by atoms with van der Waals surface area (Å²) in [6, 6.07) is 13.4. The summed E-state index contributed by atoms with van der Waals surface area (Å²) in [5.74, 6) is 0.902. The van der Waals surface area contributed by atoms with Crippen molar-refractivity contribution in [2.45, 2.75) is 27.0 Å². The molecule has 1 heterocycles. The Kier molecular flexibility index (Phi) is 3.57. The van der Waals surface area contributed by atoms with Crippen molar-refractivity contribution in [2.75, 3.05) is 0 Å². The van der Waals surface area contributed by atoms with Crippen LogP contribution in [0.5, 0.6) is 11.5 Å². The van der Waals surface area contributed by atoms with Crippen LogP contribution in [0.25, 0.3) is 10.9 Å². The number of aromatic nitrogens is 1. The lowest BCUT2D eigenvalue weighted by molar-refractivity contribution is 0.305. The van der Waals surface area contributed by atoms with Gasteiger partial charge in [0.05, 0.1) is 0 Å². The highest BCUT2D eigenvalue weighted by Gasteiger charge is 2.08. The molecular weight excluding hydrogens is 262 g/mol. The molecule has 3 rings (SSSR count). The number of fused-ring (bicyclic) bond motifs is 1. The van der Waals surface area contributed by atoms with E-state index < -0.39 is 0 Å². The zero-order valence-corrected chi connectivity index (χ0v) is 12.3. The van der Waals surface area contributed by atoms with Crippen LogP contribution in [0.1, 0.15) is 18.1 Å². The third-order valence-electron chi connectivity index (χ3n) is 3.67. The van der Waals surface area contributed by atoms with Gasteiger partial charge in [0.25, 0.3) is 0 Å². The average molecular weight is 281 g/mol. The van der Waals surface area contributed by atoms with Crippen LogP contribution in [0.3, 0.4) is 0 Å². The predicted octanol–water partition coefficient (Wildman–Crippen LogP) is 4.25. The van der Waals surface area contributed by atoms with Crippen molar-refractivity contribution in [3.8, 4) is 11.5 Å². The van der Waals surface area contributed by atoms with Gasteiger partial charge in [-0.15, -0.1) is 0 Å². The molecule has 2 aromatic carbocycles. The fourth-order valence-electron chi connectivity index (χ4n) is 2.60. The molecule has 0 aliphatic heterocycles. The van der Waals surface area contributed by atoms with Crippen LogP contribution in [0.4, 0.5) is 0 Å². The second-order valence-electron chi connectivity index (χ2n) is 5.25. The van der Waals surface area contributed by atoms with Crippen LogP contribution in [-0.4, -0.2) is 9.67 Å². The van der Waals surface area contributed by atoms with Gasteiger partial charge in [-0.05, 0) is 38.1 Å². The van der Waals surface area contributed by atoms with Gasteiger partial charge in [0.1, 0.15) is 18.1 Å². The highest BCUT2D eigenvalue weighted by atomic mass is 16.5. The minimum atomic E-state index is 0.222. The van der Waals surface area contributed by atoms with E-state index in [2.05, 4.69) is 42.8 Å². The Morgan fingerprint density at radius 1 is 1.14 bits per heavy atom. The van der Waals surface area contributed by atoms with Crippen molar-refractivity contribution in [3.63, 3.8) is 0 Å². The molecule has 0 saturated carbocycles. The summed E-state index contributed by atoms with van der Waals surface area (Å²) in [7, 11) is 0. The lowest BCUT2D eigenvalue weighted by Gasteiger charge is -2.05. The average Bonchev–Trinajstić information content (AvgIpc) is 2.82. The van der Waals surface area contributed by atoms with Crippen molar-refractivity contribution in [2.24, 2.45) is 0 Å². The van der Waals surface area contributed by atoms with E-state index in [1.54, 1.807) is 18.2 Å². The zero-order valence-electron chi connectivity index (χ0n) is 12.3. The number of aromatic hydroxyl groups is 1. The molecule has 0 radical (unpaired) electrons. The Labute approximate surface area is 124 Å². The molecule has 0 aliphatic carbocycles. The molecule has 21 heavy (non-hydrogen) atoms. The van der Waals surface area contributed by atoms with Crippen LogP contribution < -0.4 is 4.74 Å². The van der Waals surface area contributed by atoms with Crippen LogP contribution >= 0.6 is 0 Å². The first-order valence-electron chi connectivity index (χ1n) is 7.17. The largest absolute Gasteiger partial charge is 0.508 e. The van der Waals surface area contributed by atoms with Gasteiger partial charge < -0.3 is 14.4 Å². The maximum Gasteiger partial charge on any atom is 0.123 e. The molecule has 0 unspecified atom stereocenters. The summed E-state index contributed by atoms with van der Waals surface area (Å²) in [6.07, 6.45) is 2.15. The van der Waals surface area contributed by atoms with Gasteiger partial charge in [0, 0.05) is 35.3 Å². The maximum absolute atomic E-state index is 9.48. The summed E-state index contributed by atoms with van der Waals surface area (Å²) < 4.78 is 8.04. The van der Waals surface area contributed by atoms with E-state index >= 15 is 0 Å². The van der Waals surface area contributed by atoms with Gasteiger partial charge in [-0.1, -0.05) is 17.7 Å². The molecule has 0 saturated heterocycles. The van der Waals surface area contributed by atoms with E-state index in [1.807, 2.05) is 6.07 Å². The predicted molar refractivity (Wildman–Crippen MR) is 84.8 cm³/mol. The Hall–Kier alpha value is -2.42. The van der Waals surface area contributed by atoms with Crippen molar-refractivity contribution < 1.29 is 9.84 Å². The molecular formula is C18H19NO2. The lowest BCUT2D eigenvalue weighted by Crippen LogP contribution is -1.95. The number of phenols is 1. The molecule has 108 valence electrons. The zero-order chi connectivity index (χ0) is 14.8. The van der Waals surface area contributed by atoms with Crippen LogP contribution in [0, 0.1) is 6.92 Å². The molecule has 1 aromatic heterocycles. The maximum atomic E-state index is 9.48. The fraction of sp³-hybridized carbons (Fsp3) is 0.222. The monoisotopic (exact) mass is 281 g/mol. The molecule has 0 amide bonds. The summed E-state index contributed by atoms with van der Waals surface area (Å²) in [4.78, 5) is 0. The third-order valence-corrected chi connectivity index (χ3v) is 3.67. The summed E-state index contributed by atoms with van der Waals surface area (Å²) in [5, 5.41) is 10.7. The minimum absolute atomic E-state index is 0.222. The minimum Gasteiger partial charge on any atom is -0.508 e. The molecule has 3 aromatic rings. The Morgan fingerprint density at radius 2 is 2.00 bits per heavy atom. The van der Waals surface area contributed by atoms with Gasteiger partial charge >= 0.3 is 0 Å². The van der Waals surface area contributed by atoms with Gasteiger partial charge in [0.15, 0.2) is 0 Å². The molecule has 0 aliphatic rings. The van der Waals surface area contributed by atoms with Gasteiger partial charge in [-0.25, -0.2) is 0 Å². The molecule has 0 fully saturated rings. The Balaban J connectivity index is 1.91. The molecule has 0 bridgehead atoms. The Morgan fingerprint density at radius 3 is 2.76 bits per heavy atom. The van der Waals surface area contributed by atoms with Crippen LogP contribution in [0.15, 0.2) is 48.7 Å². The van der Waals surface area contributed by atoms with Crippen molar-refractivity contribution in [1.82, 2.24) is 4.57 Å². The number of rotatable bonds is 4. The van der Waals surface area contributed by atoms with Gasteiger partial charge in [-0.2, -0.15) is 0 Å². The van der Waals surface area contributed by atoms with E-state index in [0.29, 0.717) is 12.4 Å². The fourth-order valence-corrected chi connectivity index (χ4v) is 2.60. The number of nitrogens with zero attached hydrogens (tertiary/aromatic N) is 1. The summed E-state index contributed by atoms with van der Waals surface area (Å²) >= 11 is 0. The molecule has 0 atom stereocenters. The number of hydrogen-bond acceptors (Lipinski definition) is 2. The number of phenolic OH excluding ortho intramolecular Hbond substituents is 1. The van der Waals surface area contributed by atoms with Crippen LogP contribution in [0.2, 0.25) is 0 Å². The molecule has 0 spiro atoms. The summed E-state index contributed by atoms with van der Waals surface area (Å²) in [6.45, 7) is 5.67. The standard InChI is InChI=1S/C18H19NO2/c1-3-19-11-14(17-9-13(2)7-8-18(17)19)12-21-16-6-4-5-15(20)10-16/h4-11,20H,3,12H2,1-2H3. The van der Waals surface area contributed by atoms with E-state index in [4.69, 9.17) is 4.74 Å². The normalized spacial score (nSPS) is 11.0. The first-order chi connectivity index (χ1) is 10.2. The molecule has 3 heteroatoms.